The molecule has 4 aromatic rings. The van der Waals surface area contributed by atoms with Crippen LogP contribution < -0.4 is 0 Å². The summed E-state index contributed by atoms with van der Waals surface area (Å²) in [6, 6.07) is 16.9. The summed E-state index contributed by atoms with van der Waals surface area (Å²) in [7, 11) is 0. The molecule has 0 aliphatic heterocycles. The van der Waals surface area contributed by atoms with Crippen LogP contribution in [0.5, 0.6) is 0 Å². The molecule has 0 aliphatic rings. The molecule has 20 heavy (non-hydrogen) atoms. The molecule has 2 heterocycles. The van der Waals surface area contributed by atoms with Crippen LogP contribution in [0, 0.1) is 0 Å². The Morgan fingerprint density at radius 1 is 0.650 bits per heavy atom. The molecule has 4 rings (SSSR count). The molecule has 2 N–H and O–H groups in total. The van der Waals surface area contributed by atoms with E-state index in [4.69, 9.17) is 0 Å². The minimum atomic E-state index is 0. The molecule has 0 aliphatic carbocycles. The predicted octanol–water partition coefficient (Wildman–Crippen LogP) is 3.32. The number of hydrogen-bond acceptors (Lipinski definition) is 0. The minimum absolute atomic E-state index is 0. The number of benzene rings is 2. The Labute approximate surface area is 137 Å². The van der Waals surface area contributed by atoms with Crippen LogP contribution in [0.2, 0.25) is 0 Å². The number of fused-ring (bicyclic) bond motifs is 2. The molecule has 0 bridgehead atoms. The van der Waals surface area contributed by atoms with Gasteiger partial charge >= 0.3 is 27.3 Å². The van der Waals surface area contributed by atoms with Crippen molar-refractivity contribution in [2.75, 3.05) is 0 Å². The molecule has 2 radical (unpaired) electrons. The molecule has 0 unspecified atom stereocenters. The predicted molar refractivity (Wildman–Crippen MR) is 87.9 cm³/mol. The molecular formula is C17H16N2Pb. The van der Waals surface area contributed by atoms with Gasteiger partial charge in [0.25, 0.3) is 0 Å². The first-order chi connectivity index (χ1) is 9.42. The fourth-order valence-corrected chi connectivity index (χ4v) is 2.76. The van der Waals surface area contributed by atoms with Gasteiger partial charge in [-0.25, -0.2) is 0 Å². The summed E-state index contributed by atoms with van der Waals surface area (Å²) in [5, 5.41) is 2.63. The van der Waals surface area contributed by atoms with Crippen LogP contribution in [0.1, 0.15) is 11.1 Å². The zero-order valence-electron chi connectivity index (χ0n) is 11.2. The Hall–Kier alpha value is -1.56. The molecule has 0 spiro atoms. The van der Waals surface area contributed by atoms with Crippen LogP contribution in [0.3, 0.4) is 0 Å². The molecule has 0 atom stereocenters. The van der Waals surface area contributed by atoms with Crippen LogP contribution in [0.25, 0.3) is 21.8 Å². The average Bonchev–Trinajstić information content (AvgIpc) is 3.05. The van der Waals surface area contributed by atoms with Crippen LogP contribution in [-0.4, -0.2) is 37.3 Å². The monoisotopic (exact) mass is 456 g/mol. The van der Waals surface area contributed by atoms with Gasteiger partial charge in [0.2, 0.25) is 0 Å². The van der Waals surface area contributed by atoms with Crippen molar-refractivity contribution in [3.05, 3.63) is 72.1 Å². The van der Waals surface area contributed by atoms with Gasteiger partial charge in [-0.1, -0.05) is 36.4 Å². The van der Waals surface area contributed by atoms with E-state index in [2.05, 4.69) is 70.9 Å². The quantitative estimate of drug-likeness (QED) is 0.435. The zero-order valence-corrected chi connectivity index (χ0v) is 16.7. The van der Waals surface area contributed by atoms with Gasteiger partial charge in [-0.3, -0.25) is 0 Å². The number of hydrogen-bond donors (Lipinski definition) is 2. The summed E-state index contributed by atoms with van der Waals surface area (Å²) in [6.45, 7) is 0. The Kier molecular flexibility index (Phi) is 3.65. The summed E-state index contributed by atoms with van der Waals surface area (Å²) < 4.78 is 0. The topological polar surface area (TPSA) is 31.6 Å². The van der Waals surface area contributed by atoms with Crippen molar-refractivity contribution in [3.63, 3.8) is 0 Å². The summed E-state index contributed by atoms with van der Waals surface area (Å²) >= 11 is 0. The van der Waals surface area contributed by atoms with Gasteiger partial charge < -0.3 is 9.97 Å². The van der Waals surface area contributed by atoms with Gasteiger partial charge in [0.1, 0.15) is 0 Å². The number of para-hydroxylation sites is 2. The second-order valence-corrected chi connectivity index (χ2v) is 4.90. The summed E-state index contributed by atoms with van der Waals surface area (Å²) in [5.41, 5.74) is 5.11. The number of nitrogens with one attached hydrogen (secondary N) is 2. The molecule has 3 heteroatoms. The van der Waals surface area contributed by atoms with Gasteiger partial charge in [-0.05, 0) is 23.3 Å². The van der Waals surface area contributed by atoms with Gasteiger partial charge in [0.15, 0.2) is 0 Å². The third kappa shape index (κ3) is 2.18. The Morgan fingerprint density at radius 2 is 1.10 bits per heavy atom. The third-order valence-corrected chi connectivity index (χ3v) is 3.73. The fraction of sp³-hybridized carbons (Fsp3) is 0.0588. The van der Waals surface area contributed by atoms with Gasteiger partial charge in [0, 0.05) is 40.6 Å². The summed E-state index contributed by atoms with van der Waals surface area (Å²) in [4.78, 5) is 6.68. The molecule has 0 amide bonds. The van der Waals surface area contributed by atoms with E-state index in [0.29, 0.717) is 0 Å². The van der Waals surface area contributed by atoms with E-state index in [1.807, 2.05) is 0 Å². The van der Waals surface area contributed by atoms with Gasteiger partial charge in [-0.2, -0.15) is 0 Å². The molecule has 2 aromatic heterocycles. The second kappa shape index (κ2) is 5.44. The standard InChI is InChI=1S/C17H14N2.Pb.2H/c1-3-7-16-14(5-1)12(10-18-16)9-13-11-19-17-8-4-2-6-15(13)17;;;/h1-8,10-11,18-19H,9H2;;;. The van der Waals surface area contributed by atoms with Crippen LogP contribution in [0.15, 0.2) is 60.9 Å². The number of aromatic nitrogens is 2. The van der Waals surface area contributed by atoms with Crippen LogP contribution in [-0.2, 0) is 6.42 Å². The Balaban J connectivity index is 0.00000121. The first-order valence-corrected chi connectivity index (χ1v) is 6.52. The Bertz CT molecular complexity index is 785. The van der Waals surface area contributed by atoms with Crippen molar-refractivity contribution in [1.82, 2.24) is 9.97 Å². The summed E-state index contributed by atoms with van der Waals surface area (Å²) in [5.74, 6) is 0. The van der Waals surface area contributed by atoms with Crippen LogP contribution >= 0.6 is 0 Å². The van der Waals surface area contributed by atoms with Crippen molar-refractivity contribution in [1.29, 1.82) is 0 Å². The van der Waals surface area contributed by atoms with E-state index < -0.39 is 0 Å². The van der Waals surface area contributed by atoms with Crippen molar-refractivity contribution in [2.24, 2.45) is 0 Å². The van der Waals surface area contributed by atoms with Crippen molar-refractivity contribution < 1.29 is 0 Å². The molecule has 2 aromatic carbocycles. The Morgan fingerprint density at radius 3 is 1.60 bits per heavy atom. The maximum absolute atomic E-state index is 3.34. The van der Waals surface area contributed by atoms with E-state index in [9.17, 15) is 0 Å². The van der Waals surface area contributed by atoms with Crippen molar-refractivity contribution in [2.45, 2.75) is 6.42 Å². The smallest absolute Gasteiger partial charge is 0.0456 e. The van der Waals surface area contributed by atoms with E-state index in [0.717, 1.165) is 6.42 Å². The fourth-order valence-electron chi connectivity index (χ4n) is 2.76. The maximum Gasteiger partial charge on any atom is 0.0456 e. The van der Waals surface area contributed by atoms with E-state index in [1.54, 1.807) is 0 Å². The second-order valence-electron chi connectivity index (χ2n) is 4.90. The minimum Gasteiger partial charge on any atom is -0.361 e. The van der Waals surface area contributed by atoms with E-state index in [-0.39, 0.29) is 27.3 Å². The first kappa shape index (κ1) is 13.4. The maximum atomic E-state index is 3.34. The van der Waals surface area contributed by atoms with Crippen LogP contribution in [0.4, 0.5) is 0 Å². The van der Waals surface area contributed by atoms with E-state index >= 15 is 0 Å². The molecular weight excluding hydrogens is 439 g/mol. The third-order valence-electron chi connectivity index (χ3n) is 3.73. The molecule has 0 saturated heterocycles. The number of aromatic amines is 2. The molecule has 0 fully saturated rings. The average molecular weight is 456 g/mol. The van der Waals surface area contributed by atoms with Gasteiger partial charge in [0.05, 0.1) is 0 Å². The summed E-state index contributed by atoms with van der Waals surface area (Å²) in [6.07, 6.45) is 5.19. The zero-order chi connectivity index (χ0) is 12.7. The van der Waals surface area contributed by atoms with Gasteiger partial charge in [-0.15, -0.1) is 0 Å². The number of rotatable bonds is 2. The van der Waals surface area contributed by atoms with Crippen molar-refractivity contribution >= 4 is 49.1 Å². The normalized spacial score (nSPS) is 10.8. The molecule has 0 saturated carbocycles. The SMILES string of the molecule is [PbH2].c1ccc2c(Cc3c[nH]c4ccccc34)c[nH]c2c1. The molecule has 2 nitrogen and oxygen atoms in total. The largest absolute Gasteiger partial charge is 0.361 e. The van der Waals surface area contributed by atoms with Crippen molar-refractivity contribution in [3.8, 4) is 0 Å². The van der Waals surface area contributed by atoms with E-state index in [1.165, 1.54) is 32.9 Å². The molecule has 98 valence electrons. The number of H-pyrrole nitrogens is 2. The first-order valence-electron chi connectivity index (χ1n) is 6.52.